The number of nitrogens with zero attached hydrogens (tertiary/aromatic N) is 1. The first kappa shape index (κ1) is 20.2. The zero-order valence-corrected chi connectivity index (χ0v) is 18.0. The summed E-state index contributed by atoms with van der Waals surface area (Å²) in [5, 5.41) is 6.31. The van der Waals surface area contributed by atoms with Crippen molar-refractivity contribution in [2.45, 2.75) is 19.4 Å². The predicted molar refractivity (Wildman–Crippen MR) is 118 cm³/mol. The second kappa shape index (κ2) is 8.31. The summed E-state index contributed by atoms with van der Waals surface area (Å²) < 4.78 is 0.800. The van der Waals surface area contributed by atoms with Crippen LogP contribution in [-0.2, 0) is 20.8 Å². The molecule has 7 nitrogen and oxygen atoms in total. The van der Waals surface area contributed by atoms with Crippen LogP contribution in [0, 0.1) is 0 Å². The Balaban J connectivity index is 1.38. The molecule has 0 fully saturated rings. The molecule has 1 aliphatic rings. The fraction of sp³-hybridized carbons (Fsp3) is 0.227. The average molecular weight is 469 g/mol. The molecule has 30 heavy (non-hydrogen) atoms. The van der Waals surface area contributed by atoms with Crippen molar-refractivity contribution in [3.8, 4) is 0 Å². The first-order valence-corrected chi connectivity index (χ1v) is 10.5. The number of fused-ring (bicyclic) bond motifs is 2. The number of aromatic amines is 1. The molecule has 1 atom stereocenters. The molecule has 8 heteroatoms. The number of likely N-dealkylation sites (N-methyl/N-ethyl adjacent to an activating group) is 1. The standard InChI is InChI=1S/C22H21BrN4O3/c1-2-27-18-8-7-14(23)11-16(18)19(22(27)30)26-21(29)20(28)24-10-9-13-12-25-17-6-4-3-5-15(13)17/h3-8,11-12,19,25H,2,9-10H2,1H3,(H,24,28)(H,26,29). The molecular weight excluding hydrogens is 448 g/mol. The van der Waals surface area contributed by atoms with E-state index in [2.05, 4.69) is 31.5 Å². The van der Waals surface area contributed by atoms with Gasteiger partial charge in [-0.2, -0.15) is 0 Å². The van der Waals surface area contributed by atoms with Crippen LogP contribution in [0.2, 0.25) is 0 Å². The Morgan fingerprint density at radius 3 is 2.77 bits per heavy atom. The normalized spacial score (nSPS) is 15.3. The second-order valence-electron chi connectivity index (χ2n) is 7.06. The summed E-state index contributed by atoms with van der Waals surface area (Å²) in [4.78, 5) is 42.2. The number of hydrogen-bond acceptors (Lipinski definition) is 3. The van der Waals surface area contributed by atoms with E-state index in [9.17, 15) is 14.4 Å². The average Bonchev–Trinajstić information content (AvgIpc) is 3.26. The molecule has 3 aromatic rings. The fourth-order valence-electron chi connectivity index (χ4n) is 3.80. The number of halogens is 1. The lowest BCUT2D eigenvalue weighted by Gasteiger charge is -2.15. The Labute approximate surface area is 182 Å². The number of carbonyl (C=O) groups is 3. The summed E-state index contributed by atoms with van der Waals surface area (Å²) in [5.74, 6) is -1.82. The van der Waals surface area contributed by atoms with Gasteiger partial charge < -0.3 is 20.5 Å². The molecule has 0 saturated heterocycles. The van der Waals surface area contributed by atoms with Crippen LogP contribution in [-0.4, -0.2) is 35.8 Å². The van der Waals surface area contributed by atoms with Gasteiger partial charge in [-0.3, -0.25) is 14.4 Å². The maximum atomic E-state index is 12.7. The second-order valence-corrected chi connectivity index (χ2v) is 7.97. The van der Waals surface area contributed by atoms with Crippen molar-refractivity contribution in [3.05, 3.63) is 64.3 Å². The lowest BCUT2D eigenvalue weighted by atomic mass is 10.1. The molecule has 1 aliphatic heterocycles. The third-order valence-electron chi connectivity index (χ3n) is 5.26. The van der Waals surface area contributed by atoms with Crippen LogP contribution in [0.3, 0.4) is 0 Å². The van der Waals surface area contributed by atoms with Crippen molar-refractivity contribution >= 4 is 50.2 Å². The largest absolute Gasteiger partial charge is 0.361 e. The van der Waals surface area contributed by atoms with Crippen molar-refractivity contribution in [2.24, 2.45) is 0 Å². The number of nitrogens with one attached hydrogen (secondary N) is 3. The highest BCUT2D eigenvalue weighted by molar-refractivity contribution is 9.10. The predicted octanol–water partition coefficient (Wildman–Crippen LogP) is 2.81. The lowest BCUT2D eigenvalue weighted by molar-refractivity contribution is -0.140. The summed E-state index contributed by atoms with van der Waals surface area (Å²) in [6, 6.07) is 12.5. The highest BCUT2D eigenvalue weighted by atomic mass is 79.9. The SMILES string of the molecule is CCN1C(=O)C(NC(=O)C(=O)NCCc2c[nH]c3ccccc23)c2cc(Br)ccc21. The van der Waals surface area contributed by atoms with Crippen LogP contribution in [0.25, 0.3) is 10.9 Å². The Kier molecular flexibility index (Phi) is 5.59. The number of carbonyl (C=O) groups excluding carboxylic acids is 3. The topological polar surface area (TPSA) is 94.3 Å². The lowest BCUT2D eigenvalue weighted by Crippen LogP contribution is -2.44. The van der Waals surface area contributed by atoms with Crippen LogP contribution in [0.5, 0.6) is 0 Å². The van der Waals surface area contributed by atoms with Gasteiger partial charge >= 0.3 is 11.8 Å². The summed E-state index contributed by atoms with van der Waals surface area (Å²) in [6.45, 7) is 2.66. The van der Waals surface area contributed by atoms with Gasteiger partial charge in [0.25, 0.3) is 5.91 Å². The molecule has 2 aromatic carbocycles. The van der Waals surface area contributed by atoms with Gasteiger partial charge in [-0.1, -0.05) is 34.1 Å². The number of benzene rings is 2. The van der Waals surface area contributed by atoms with Crippen LogP contribution < -0.4 is 15.5 Å². The number of anilines is 1. The minimum absolute atomic E-state index is 0.245. The number of rotatable bonds is 5. The van der Waals surface area contributed by atoms with Gasteiger partial charge in [-0.15, -0.1) is 0 Å². The van der Waals surface area contributed by atoms with Crippen molar-refractivity contribution < 1.29 is 14.4 Å². The van der Waals surface area contributed by atoms with E-state index in [1.165, 1.54) is 0 Å². The number of H-pyrrole nitrogens is 1. The molecule has 0 radical (unpaired) electrons. The minimum Gasteiger partial charge on any atom is -0.361 e. The Hall–Kier alpha value is -3.13. The van der Waals surface area contributed by atoms with Crippen molar-refractivity contribution in [1.82, 2.24) is 15.6 Å². The molecule has 0 saturated carbocycles. The molecule has 154 valence electrons. The fourth-order valence-corrected chi connectivity index (χ4v) is 4.18. The van der Waals surface area contributed by atoms with Crippen LogP contribution >= 0.6 is 15.9 Å². The van der Waals surface area contributed by atoms with E-state index in [0.717, 1.165) is 26.6 Å². The molecular formula is C22H21BrN4O3. The summed E-state index contributed by atoms with van der Waals surface area (Å²) in [5.41, 5.74) is 3.52. The van der Waals surface area contributed by atoms with Gasteiger partial charge in [0.15, 0.2) is 0 Å². The monoisotopic (exact) mass is 468 g/mol. The quantitative estimate of drug-likeness (QED) is 0.502. The molecule has 0 aliphatic carbocycles. The maximum absolute atomic E-state index is 12.7. The molecule has 0 spiro atoms. The zero-order valence-electron chi connectivity index (χ0n) is 16.4. The van der Waals surface area contributed by atoms with Gasteiger partial charge in [0.05, 0.1) is 0 Å². The van der Waals surface area contributed by atoms with Crippen LogP contribution in [0.15, 0.2) is 53.1 Å². The Bertz CT molecular complexity index is 1140. The van der Waals surface area contributed by atoms with E-state index < -0.39 is 17.9 Å². The Morgan fingerprint density at radius 2 is 1.97 bits per heavy atom. The van der Waals surface area contributed by atoms with Gasteiger partial charge in [0.2, 0.25) is 0 Å². The minimum atomic E-state index is -0.871. The molecule has 3 amide bonds. The molecule has 2 heterocycles. The van der Waals surface area contributed by atoms with E-state index in [1.54, 1.807) is 11.0 Å². The van der Waals surface area contributed by atoms with E-state index in [1.807, 2.05) is 49.5 Å². The molecule has 0 bridgehead atoms. The van der Waals surface area contributed by atoms with Crippen molar-refractivity contribution in [1.29, 1.82) is 0 Å². The van der Waals surface area contributed by atoms with Gasteiger partial charge in [0.1, 0.15) is 6.04 Å². The highest BCUT2D eigenvalue weighted by Gasteiger charge is 2.38. The smallest absolute Gasteiger partial charge is 0.310 e. The number of amides is 3. The Morgan fingerprint density at radius 1 is 1.17 bits per heavy atom. The third-order valence-corrected chi connectivity index (χ3v) is 5.75. The van der Waals surface area contributed by atoms with Crippen LogP contribution in [0.4, 0.5) is 5.69 Å². The summed E-state index contributed by atoms with van der Waals surface area (Å²) in [6.07, 6.45) is 2.49. The first-order chi connectivity index (χ1) is 14.5. The van der Waals surface area contributed by atoms with Crippen LogP contribution in [0.1, 0.15) is 24.1 Å². The first-order valence-electron chi connectivity index (χ1n) is 9.74. The van der Waals surface area contributed by atoms with E-state index in [-0.39, 0.29) is 5.91 Å². The number of para-hydroxylation sites is 1. The molecule has 1 unspecified atom stereocenters. The van der Waals surface area contributed by atoms with Gasteiger partial charge in [0, 0.05) is 45.9 Å². The van der Waals surface area contributed by atoms with Crippen molar-refractivity contribution in [2.75, 3.05) is 18.0 Å². The maximum Gasteiger partial charge on any atom is 0.310 e. The molecule has 4 rings (SSSR count). The third kappa shape index (κ3) is 3.70. The van der Waals surface area contributed by atoms with Gasteiger partial charge in [-0.05, 0) is 43.2 Å². The zero-order chi connectivity index (χ0) is 21.3. The molecule has 3 N–H and O–H groups in total. The summed E-state index contributed by atoms with van der Waals surface area (Å²) >= 11 is 3.40. The highest BCUT2D eigenvalue weighted by Crippen LogP contribution is 2.37. The number of hydrogen-bond donors (Lipinski definition) is 3. The summed E-state index contributed by atoms with van der Waals surface area (Å²) in [7, 11) is 0. The molecule has 1 aromatic heterocycles. The van der Waals surface area contributed by atoms with E-state index >= 15 is 0 Å². The van der Waals surface area contributed by atoms with Crippen molar-refractivity contribution in [3.63, 3.8) is 0 Å². The van der Waals surface area contributed by atoms with E-state index in [0.29, 0.717) is 25.1 Å². The van der Waals surface area contributed by atoms with Gasteiger partial charge in [-0.25, -0.2) is 0 Å². The number of aromatic nitrogens is 1. The van der Waals surface area contributed by atoms with E-state index in [4.69, 9.17) is 0 Å².